The van der Waals surface area contributed by atoms with E-state index in [1.807, 2.05) is 37.3 Å². The summed E-state index contributed by atoms with van der Waals surface area (Å²) in [6.07, 6.45) is 0.388. The SMILES string of the molecule is CCOC(=S)Cc1nnc(-c2ccccc2)n1N. The largest absolute Gasteiger partial charge is 0.487 e. The molecule has 1 aromatic heterocycles. The molecule has 0 saturated heterocycles. The molecule has 1 aromatic carbocycles. The van der Waals surface area contributed by atoms with Crippen molar-refractivity contribution in [1.29, 1.82) is 0 Å². The number of nitrogen functional groups attached to an aromatic ring is 1. The van der Waals surface area contributed by atoms with Gasteiger partial charge in [0.2, 0.25) is 0 Å². The van der Waals surface area contributed by atoms with Crippen LogP contribution in [0.4, 0.5) is 0 Å². The number of rotatable bonds is 4. The summed E-state index contributed by atoms with van der Waals surface area (Å²) in [5, 5.41) is 8.58. The lowest BCUT2D eigenvalue weighted by Crippen LogP contribution is -2.17. The van der Waals surface area contributed by atoms with Crippen molar-refractivity contribution in [2.24, 2.45) is 0 Å². The van der Waals surface area contributed by atoms with Gasteiger partial charge < -0.3 is 10.6 Å². The molecule has 2 rings (SSSR count). The molecule has 0 amide bonds. The predicted molar refractivity (Wildman–Crippen MR) is 73.5 cm³/mol. The first kappa shape index (κ1) is 12.5. The molecule has 0 atom stereocenters. The van der Waals surface area contributed by atoms with Gasteiger partial charge in [-0.2, -0.15) is 0 Å². The van der Waals surface area contributed by atoms with Crippen molar-refractivity contribution < 1.29 is 4.74 Å². The van der Waals surface area contributed by atoms with Crippen LogP contribution in [0.5, 0.6) is 0 Å². The van der Waals surface area contributed by atoms with Gasteiger partial charge in [0, 0.05) is 5.56 Å². The number of nitrogens with two attached hydrogens (primary N) is 1. The third-order valence-electron chi connectivity index (χ3n) is 2.41. The van der Waals surface area contributed by atoms with Gasteiger partial charge in [-0.3, -0.25) is 0 Å². The average molecular weight is 262 g/mol. The smallest absolute Gasteiger partial charge is 0.182 e. The van der Waals surface area contributed by atoms with Gasteiger partial charge in [0.05, 0.1) is 13.0 Å². The first-order valence-corrected chi connectivity index (χ1v) is 6.03. The second-order valence-corrected chi connectivity index (χ2v) is 4.11. The first-order valence-electron chi connectivity index (χ1n) is 5.62. The van der Waals surface area contributed by atoms with E-state index in [1.165, 1.54) is 4.68 Å². The minimum absolute atomic E-state index is 0.388. The predicted octanol–water partition coefficient (Wildman–Crippen LogP) is 1.57. The molecule has 0 unspecified atom stereocenters. The molecule has 5 nitrogen and oxygen atoms in total. The van der Waals surface area contributed by atoms with Crippen molar-refractivity contribution in [3.8, 4) is 11.4 Å². The molecule has 0 spiro atoms. The Labute approximate surface area is 111 Å². The number of nitrogens with zero attached hydrogens (tertiary/aromatic N) is 3. The number of hydrogen-bond donors (Lipinski definition) is 1. The summed E-state index contributed by atoms with van der Waals surface area (Å²) in [6.45, 7) is 2.43. The van der Waals surface area contributed by atoms with Crippen molar-refractivity contribution in [2.45, 2.75) is 13.3 Å². The average Bonchev–Trinajstić information content (AvgIpc) is 2.72. The Morgan fingerprint density at radius 1 is 1.33 bits per heavy atom. The Morgan fingerprint density at radius 3 is 2.72 bits per heavy atom. The Morgan fingerprint density at radius 2 is 2.06 bits per heavy atom. The van der Waals surface area contributed by atoms with E-state index >= 15 is 0 Å². The summed E-state index contributed by atoms with van der Waals surface area (Å²) in [7, 11) is 0. The monoisotopic (exact) mass is 262 g/mol. The number of aromatic nitrogens is 3. The highest BCUT2D eigenvalue weighted by molar-refractivity contribution is 7.80. The van der Waals surface area contributed by atoms with E-state index in [0.717, 1.165) is 5.56 Å². The molecule has 6 heteroatoms. The molecule has 0 aliphatic rings. The normalized spacial score (nSPS) is 10.3. The number of benzene rings is 1. The van der Waals surface area contributed by atoms with Gasteiger partial charge in [0.1, 0.15) is 0 Å². The summed E-state index contributed by atoms with van der Waals surface area (Å²) in [4.78, 5) is 0. The molecule has 2 aromatic rings. The molecule has 0 aliphatic heterocycles. The fourth-order valence-corrected chi connectivity index (χ4v) is 1.82. The van der Waals surface area contributed by atoms with Crippen LogP contribution >= 0.6 is 12.2 Å². The lowest BCUT2D eigenvalue weighted by Gasteiger charge is -2.05. The number of hydrogen-bond acceptors (Lipinski definition) is 5. The number of thiocarbonyl (C=S) groups is 1. The highest BCUT2D eigenvalue weighted by Crippen LogP contribution is 2.15. The molecule has 94 valence electrons. The summed E-state index contributed by atoms with van der Waals surface area (Å²) in [5.74, 6) is 7.16. The van der Waals surface area contributed by atoms with Crippen LogP contribution in [-0.2, 0) is 11.2 Å². The summed E-state index contributed by atoms with van der Waals surface area (Å²) in [6, 6.07) is 9.64. The van der Waals surface area contributed by atoms with Crippen LogP contribution in [0.15, 0.2) is 30.3 Å². The van der Waals surface area contributed by atoms with E-state index in [2.05, 4.69) is 10.2 Å². The molecule has 0 aliphatic carbocycles. The zero-order valence-corrected chi connectivity index (χ0v) is 10.9. The van der Waals surface area contributed by atoms with Gasteiger partial charge >= 0.3 is 0 Å². The molecular weight excluding hydrogens is 248 g/mol. The van der Waals surface area contributed by atoms with Crippen molar-refractivity contribution in [3.05, 3.63) is 36.2 Å². The van der Waals surface area contributed by atoms with Gasteiger partial charge in [-0.15, -0.1) is 10.2 Å². The topological polar surface area (TPSA) is 66.0 Å². The third kappa shape index (κ3) is 2.65. The van der Waals surface area contributed by atoms with Crippen molar-refractivity contribution >= 4 is 17.3 Å². The van der Waals surface area contributed by atoms with E-state index in [1.54, 1.807) is 0 Å². The lowest BCUT2D eigenvalue weighted by molar-refractivity contribution is 0.329. The molecule has 0 fully saturated rings. The lowest BCUT2D eigenvalue weighted by atomic mass is 10.2. The van der Waals surface area contributed by atoms with E-state index < -0.39 is 0 Å². The summed E-state index contributed by atoms with van der Waals surface area (Å²) < 4.78 is 6.66. The first-order chi connectivity index (χ1) is 8.72. The van der Waals surface area contributed by atoms with Gasteiger partial charge in [0.15, 0.2) is 16.7 Å². The third-order valence-corrected chi connectivity index (χ3v) is 2.67. The Bertz CT molecular complexity index is 538. The molecule has 0 radical (unpaired) electrons. The van der Waals surface area contributed by atoms with E-state index in [-0.39, 0.29) is 0 Å². The Hall–Kier alpha value is -1.95. The Balaban J connectivity index is 2.22. The van der Waals surface area contributed by atoms with E-state index in [0.29, 0.717) is 29.7 Å². The van der Waals surface area contributed by atoms with Crippen LogP contribution in [0.1, 0.15) is 12.7 Å². The summed E-state index contributed by atoms with van der Waals surface area (Å²) in [5.41, 5.74) is 0.918. The van der Waals surface area contributed by atoms with Gasteiger partial charge in [-0.25, -0.2) is 4.68 Å². The summed E-state index contributed by atoms with van der Waals surface area (Å²) >= 11 is 5.06. The van der Waals surface area contributed by atoms with Crippen molar-refractivity contribution in [1.82, 2.24) is 14.9 Å². The van der Waals surface area contributed by atoms with Crippen LogP contribution in [0.2, 0.25) is 0 Å². The maximum atomic E-state index is 5.96. The minimum Gasteiger partial charge on any atom is -0.487 e. The Kier molecular flexibility index (Phi) is 3.88. The molecular formula is C12H14N4OS. The van der Waals surface area contributed by atoms with Crippen LogP contribution in [0, 0.1) is 0 Å². The second kappa shape index (κ2) is 5.59. The zero-order chi connectivity index (χ0) is 13.0. The van der Waals surface area contributed by atoms with Crippen molar-refractivity contribution in [3.63, 3.8) is 0 Å². The van der Waals surface area contributed by atoms with Crippen LogP contribution in [-0.4, -0.2) is 26.5 Å². The van der Waals surface area contributed by atoms with Gasteiger partial charge in [0.25, 0.3) is 0 Å². The minimum atomic E-state index is 0.388. The molecule has 1 heterocycles. The maximum absolute atomic E-state index is 5.96. The second-order valence-electron chi connectivity index (χ2n) is 3.66. The van der Waals surface area contributed by atoms with Crippen LogP contribution < -0.4 is 5.84 Å². The highest BCUT2D eigenvalue weighted by Gasteiger charge is 2.13. The van der Waals surface area contributed by atoms with Crippen LogP contribution in [0.25, 0.3) is 11.4 Å². The fraction of sp³-hybridized carbons (Fsp3) is 0.250. The van der Waals surface area contributed by atoms with Crippen LogP contribution in [0.3, 0.4) is 0 Å². The zero-order valence-electron chi connectivity index (χ0n) is 10.0. The van der Waals surface area contributed by atoms with Gasteiger partial charge in [-0.1, -0.05) is 30.3 Å². The maximum Gasteiger partial charge on any atom is 0.182 e. The van der Waals surface area contributed by atoms with Crippen molar-refractivity contribution in [2.75, 3.05) is 12.4 Å². The fourth-order valence-electron chi connectivity index (χ4n) is 1.57. The number of ether oxygens (including phenoxy) is 1. The highest BCUT2D eigenvalue weighted by atomic mass is 32.1. The quantitative estimate of drug-likeness (QED) is 0.669. The van der Waals surface area contributed by atoms with Gasteiger partial charge in [-0.05, 0) is 19.1 Å². The molecule has 0 saturated carbocycles. The standard InChI is InChI=1S/C12H14N4OS/c1-2-17-11(18)8-10-14-15-12(16(10)13)9-6-4-3-5-7-9/h3-7H,2,8,13H2,1H3. The van der Waals surface area contributed by atoms with E-state index in [9.17, 15) is 0 Å². The van der Waals surface area contributed by atoms with E-state index in [4.69, 9.17) is 22.8 Å². The molecule has 18 heavy (non-hydrogen) atoms. The molecule has 2 N–H and O–H groups in total. The molecule has 0 bridgehead atoms.